The normalized spacial score (nSPS) is 17.1. The van der Waals surface area contributed by atoms with E-state index in [0.717, 1.165) is 12.8 Å². The van der Waals surface area contributed by atoms with Gasteiger partial charge in [0, 0.05) is 0 Å². The van der Waals surface area contributed by atoms with E-state index >= 15 is 0 Å². The molecule has 0 atom stereocenters. The number of hydrogen-bond donors (Lipinski definition) is 0. The molecular formula is C18H34O2. The van der Waals surface area contributed by atoms with Crippen molar-refractivity contribution >= 4 is 5.97 Å². The Labute approximate surface area is 126 Å². The smallest absolute Gasteiger partial charge is 0.312 e. The van der Waals surface area contributed by atoms with Gasteiger partial charge in [0.1, 0.15) is 5.60 Å². The van der Waals surface area contributed by atoms with Crippen molar-refractivity contribution in [3.05, 3.63) is 13.2 Å². The summed E-state index contributed by atoms with van der Waals surface area (Å²) in [5, 5.41) is 0. The highest BCUT2D eigenvalue weighted by atomic mass is 16.6. The number of rotatable bonds is 5. The van der Waals surface area contributed by atoms with E-state index in [1.54, 1.807) is 0 Å². The number of hydrogen-bond acceptors (Lipinski definition) is 2. The summed E-state index contributed by atoms with van der Waals surface area (Å²) in [5.74, 6) is 0.524. The van der Waals surface area contributed by atoms with Gasteiger partial charge in [-0.2, -0.15) is 0 Å². The summed E-state index contributed by atoms with van der Waals surface area (Å²) < 4.78 is 5.89. The molecule has 0 heterocycles. The summed E-state index contributed by atoms with van der Waals surface area (Å²) in [7, 11) is 0. The van der Waals surface area contributed by atoms with Crippen molar-refractivity contribution in [3.63, 3.8) is 0 Å². The maximum atomic E-state index is 12.4. The van der Waals surface area contributed by atoms with Crippen LogP contribution in [-0.4, -0.2) is 11.6 Å². The third-order valence-electron chi connectivity index (χ3n) is 5.00. The van der Waals surface area contributed by atoms with Crippen LogP contribution in [0.2, 0.25) is 0 Å². The molecule has 0 saturated heterocycles. The lowest BCUT2D eigenvalue weighted by atomic mass is 9.78. The second kappa shape index (κ2) is 8.49. The van der Waals surface area contributed by atoms with Crippen LogP contribution in [0.4, 0.5) is 0 Å². The van der Waals surface area contributed by atoms with Gasteiger partial charge in [0.25, 0.3) is 0 Å². The second-order valence-electron chi connectivity index (χ2n) is 6.60. The largest absolute Gasteiger partial charge is 0.459 e. The van der Waals surface area contributed by atoms with Crippen LogP contribution in [0.25, 0.3) is 0 Å². The minimum atomic E-state index is -0.314. The quantitative estimate of drug-likeness (QED) is 0.490. The Morgan fingerprint density at radius 3 is 1.90 bits per heavy atom. The minimum absolute atomic E-state index is 0.0110. The lowest BCUT2D eigenvalue weighted by molar-refractivity contribution is -0.175. The van der Waals surface area contributed by atoms with Crippen LogP contribution in [0.15, 0.2) is 13.2 Å². The van der Waals surface area contributed by atoms with E-state index in [4.69, 9.17) is 4.74 Å². The molecule has 20 heavy (non-hydrogen) atoms. The van der Waals surface area contributed by atoms with Crippen LogP contribution >= 0.6 is 0 Å². The van der Waals surface area contributed by atoms with Gasteiger partial charge in [-0.1, -0.05) is 33.1 Å². The van der Waals surface area contributed by atoms with Gasteiger partial charge < -0.3 is 4.74 Å². The number of ether oxygens (including phenoxy) is 1. The molecule has 1 aliphatic carbocycles. The molecule has 0 aromatic rings. The number of carbonyl (C=O) groups excluding carboxylic acids is 1. The molecular weight excluding hydrogens is 248 g/mol. The highest BCUT2D eigenvalue weighted by Crippen LogP contribution is 2.37. The van der Waals surface area contributed by atoms with E-state index in [0.29, 0.717) is 5.92 Å². The lowest BCUT2D eigenvalue weighted by Gasteiger charge is -2.39. The molecule has 0 bridgehead atoms. The van der Waals surface area contributed by atoms with Crippen LogP contribution in [0.5, 0.6) is 0 Å². The van der Waals surface area contributed by atoms with Gasteiger partial charge in [0.05, 0.1) is 5.41 Å². The summed E-state index contributed by atoms with van der Waals surface area (Å²) in [5.41, 5.74) is -0.616. The molecule has 0 aromatic carbocycles. The third-order valence-corrected chi connectivity index (χ3v) is 5.00. The van der Waals surface area contributed by atoms with Crippen LogP contribution in [0.3, 0.4) is 0 Å². The van der Waals surface area contributed by atoms with Crippen molar-refractivity contribution in [2.24, 2.45) is 11.3 Å². The first-order chi connectivity index (χ1) is 9.35. The molecule has 0 N–H and O–H groups in total. The standard InChI is InChI=1S/C16H30O2.C2H4/c1-6-16(5,7-2)14(17)18-15(3,4)13-11-9-8-10-12-13;1-2/h13H,6-12H2,1-5H3;1-2H2. The second-order valence-corrected chi connectivity index (χ2v) is 6.60. The maximum absolute atomic E-state index is 12.4. The van der Waals surface area contributed by atoms with Crippen molar-refractivity contribution < 1.29 is 9.53 Å². The monoisotopic (exact) mass is 282 g/mol. The van der Waals surface area contributed by atoms with Crippen molar-refractivity contribution in [2.75, 3.05) is 0 Å². The molecule has 1 rings (SSSR count). The van der Waals surface area contributed by atoms with Crippen LogP contribution < -0.4 is 0 Å². The van der Waals surface area contributed by atoms with E-state index < -0.39 is 0 Å². The Morgan fingerprint density at radius 2 is 1.50 bits per heavy atom. The fourth-order valence-corrected chi connectivity index (χ4v) is 2.78. The lowest BCUT2D eigenvalue weighted by Crippen LogP contribution is -2.42. The molecule has 2 nitrogen and oxygen atoms in total. The van der Waals surface area contributed by atoms with E-state index in [9.17, 15) is 4.79 Å². The fourth-order valence-electron chi connectivity index (χ4n) is 2.78. The van der Waals surface area contributed by atoms with Crippen molar-refractivity contribution in [1.29, 1.82) is 0 Å². The zero-order chi connectivity index (χ0) is 15.8. The predicted molar refractivity (Wildman–Crippen MR) is 86.7 cm³/mol. The molecule has 0 spiro atoms. The molecule has 0 amide bonds. The molecule has 118 valence electrons. The zero-order valence-electron chi connectivity index (χ0n) is 14.3. The average molecular weight is 282 g/mol. The topological polar surface area (TPSA) is 26.3 Å². The summed E-state index contributed by atoms with van der Waals surface area (Å²) in [6.45, 7) is 16.3. The molecule has 0 aromatic heterocycles. The number of carbonyl (C=O) groups is 1. The van der Waals surface area contributed by atoms with Crippen LogP contribution in [0.1, 0.15) is 79.6 Å². The zero-order valence-corrected chi connectivity index (χ0v) is 14.3. The predicted octanol–water partition coefficient (Wildman–Crippen LogP) is 5.52. The average Bonchev–Trinajstić information content (AvgIpc) is 2.48. The van der Waals surface area contributed by atoms with Gasteiger partial charge >= 0.3 is 5.97 Å². The minimum Gasteiger partial charge on any atom is -0.459 e. The van der Waals surface area contributed by atoms with E-state index in [-0.39, 0.29) is 17.0 Å². The Kier molecular flexibility index (Phi) is 8.15. The van der Waals surface area contributed by atoms with Crippen molar-refractivity contribution in [3.8, 4) is 0 Å². The van der Waals surface area contributed by atoms with Crippen molar-refractivity contribution in [1.82, 2.24) is 0 Å². The Balaban J connectivity index is 0.00000172. The van der Waals surface area contributed by atoms with Crippen LogP contribution in [-0.2, 0) is 9.53 Å². The molecule has 0 radical (unpaired) electrons. The number of esters is 1. The van der Waals surface area contributed by atoms with Gasteiger partial charge in [-0.25, -0.2) is 0 Å². The van der Waals surface area contributed by atoms with Gasteiger partial charge in [-0.15, -0.1) is 13.2 Å². The first-order valence-corrected chi connectivity index (χ1v) is 8.09. The van der Waals surface area contributed by atoms with E-state index in [1.165, 1.54) is 32.1 Å². The summed E-state index contributed by atoms with van der Waals surface area (Å²) in [6, 6.07) is 0. The Bertz CT molecular complexity index is 284. The van der Waals surface area contributed by atoms with Crippen LogP contribution in [0, 0.1) is 11.3 Å². The summed E-state index contributed by atoms with van der Waals surface area (Å²) in [4.78, 5) is 12.4. The molecule has 1 saturated carbocycles. The maximum Gasteiger partial charge on any atom is 0.312 e. The fraction of sp³-hybridized carbons (Fsp3) is 0.833. The van der Waals surface area contributed by atoms with E-state index in [2.05, 4.69) is 40.9 Å². The van der Waals surface area contributed by atoms with E-state index in [1.807, 2.05) is 6.92 Å². The van der Waals surface area contributed by atoms with Gasteiger partial charge in [0.2, 0.25) is 0 Å². The van der Waals surface area contributed by atoms with Gasteiger partial charge in [-0.3, -0.25) is 4.79 Å². The van der Waals surface area contributed by atoms with Crippen molar-refractivity contribution in [2.45, 2.75) is 85.2 Å². The summed E-state index contributed by atoms with van der Waals surface area (Å²) >= 11 is 0. The highest BCUT2D eigenvalue weighted by Gasteiger charge is 2.39. The Morgan fingerprint density at radius 1 is 1.05 bits per heavy atom. The Hall–Kier alpha value is -0.790. The molecule has 0 aliphatic heterocycles. The first-order valence-electron chi connectivity index (χ1n) is 8.09. The highest BCUT2D eigenvalue weighted by molar-refractivity contribution is 5.76. The molecule has 2 heteroatoms. The molecule has 1 aliphatic rings. The SMILES string of the molecule is C=C.CCC(C)(CC)C(=O)OC(C)(C)C1CCCCC1. The first kappa shape index (κ1) is 19.2. The van der Waals surface area contributed by atoms with Gasteiger partial charge in [0.15, 0.2) is 0 Å². The molecule has 0 unspecified atom stereocenters. The summed E-state index contributed by atoms with van der Waals surface area (Å²) in [6.07, 6.45) is 8.01. The third kappa shape index (κ3) is 4.96. The van der Waals surface area contributed by atoms with Gasteiger partial charge in [-0.05, 0) is 52.4 Å². The molecule has 1 fully saturated rings.